The monoisotopic (exact) mass is 534 g/mol. The van der Waals surface area contributed by atoms with Gasteiger partial charge in [0.2, 0.25) is 17.7 Å². The van der Waals surface area contributed by atoms with E-state index in [1.165, 1.54) is 30.5 Å². The molecule has 0 spiro atoms. The molecule has 1 aliphatic rings. The van der Waals surface area contributed by atoms with E-state index in [0.29, 0.717) is 22.2 Å². The van der Waals surface area contributed by atoms with E-state index in [0.717, 1.165) is 24.3 Å². The topological polar surface area (TPSA) is 123 Å². The molecule has 198 valence electrons. The Labute approximate surface area is 220 Å². The number of nitrogens with one attached hydrogen (secondary N) is 2. The van der Waals surface area contributed by atoms with Gasteiger partial charge in [0.15, 0.2) is 17.4 Å². The van der Waals surface area contributed by atoms with Crippen LogP contribution in [0.2, 0.25) is 0 Å². The van der Waals surface area contributed by atoms with Gasteiger partial charge in [-0.15, -0.1) is 0 Å². The lowest BCUT2D eigenvalue weighted by atomic mass is 10.0. The number of nitrogens with zero attached hydrogens (tertiary/aromatic N) is 1. The molecule has 0 bridgehead atoms. The second-order valence-electron chi connectivity index (χ2n) is 9.22. The van der Waals surface area contributed by atoms with E-state index in [9.17, 15) is 27.6 Å². The first kappa shape index (κ1) is 25.7. The fourth-order valence-electron chi connectivity index (χ4n) is 4.16. The second-order valence-corrected chi connectivity index (χ2v) is 9.22. The standard InChI is InChI=1S/C28H21F3N4O4/c1-14-10-18-21(11-17(14)25(32)36)33-9-6-23(18)39-24-13-19(30)22(12-20(24)31)35-27(38)28(7-8-28)26(37)34-16-4-2-15(29)3-5-16/h2-6,9-13H,7-8H2,1H3,(H2,32,36)(H,34,37)(H,35,38). The molecule has 1 aromatic heterocycles. The Morgan fingerprint density at radius 2 is 1.59 bits per heavy atom. The third-order valence-corrected chi connectivity index (χ3v) is 6.52. The van der Waals surface area contributed by atoms with Gasteiger partial charge in [-0.3, -0.25) is 19.4 Å². The molecule has 4 N–H and O–H groups in total. The highest BCUT2D eigenvalue weighted by Crippen LogP contribution is 2.48. The first-order valence-corrected chi connectivity index (χ1v) is 11.8. The number of fused-ring (bicyclic) bond motifs is 1. The molecule has 0 aliphatic heterocycles. The van der Waals surface area contributed by atoms with Crippen molar-refractivity contribution in [3.63, 3.8) is 0 Å². The summed E-state index contributed by atoms with van der Waals surface area (Å²) in [6.07, 6.45) is 1.80. The highest BCUT2D eigenvalue weighted by Gasteiger charge is 2.56. The number of halogens is 3. The van der Waals surface area contributed by atoms with Gasteiger partial charge in [0, 0.05) is 35.0 Å². The van der Waals surface area contributed by atoms with Crippen LogP contribution in [0.4, 0.5) is 24.5 Å². The number of aromatic nitrogens is 1. The lowest BCUT2D eigenvalue weighted by Crippen LogP contribution is -2.35. The minimum Gasteiger partial charge on any atom is -0.453 e. The number of aryl methyl sites for hydroxylation is 1. The van der Waals surface area contributed by atoms with E-state index < -0.39 is 52.0 Å². The third kappa shape index (κ3) is 4.98. The summed E-state index contributed by atoms with van der Waals surface area (Å²) in [5.74, 6) is -4.80. The summed E-state index contributed by atoms with van der Waals surface area (Å²) in [5.41, 5.74) is 4.95. The van der Waals surface area contributed by atoms with Crippen molar-refractivity contribution in [2.75, 3.05) is 10.6 Å². The SMILES string of the molecule is Cc1cc2c(Oc3cc(F)c(NC(=O)C4(C(=O)Nc5ccc(F)cc5)CC4)cc3F)ccnc2cc1C(N)=O. The number of hydrogen-bond acceptors (Lipinski definition) is 5. The third-order valence-electron chi connectivity index (χ3n) is 6.52. The normalized spacial score (nSPS) is 13.5. The van der Waals surface area contributed by atoms with Crippen LogP contribution in [0.1, 0.15) is 28.8 Å². The highest BCUT2D eigenvalue weighted by atomic mass is 19.1. The summed E-state index contributed by atoms with van der Waals surface area (Å²) < 4.78 is 48.7. The predicted molar refractivity (Wildman–Crippen MR) is 137 cm³/mol. The zero-order valence-electron chi connectivity index (χ0n) is 20.5. The van der Waals surface area contributed by atoms with Gasteiger partial charge in [-0.05, 0) is 67.8 Å². The van der Waals surface area contributed by atoms with Gasteiger partial charge in [-0.1, -0.05) is 0 Å². The molecule has 5 rings (SSSR count). The Bertz CT molecular complexity index is 1650. The van der Waals surface area contributed by atoms with Crippen molar-refractivity contribution < 1.29 is 32.3 Å². The summed E-state index contributed by atoms with van der Waals surface area (Å²) in [4.78, 5) is 41.4. The fourth-order valence-corrected chi connectivity index (χ4v) is 4.16. The number of primary amides is 1. The summed E-state index contributed by atoms with van der Waals surface area (Å²) in [6.45, 7) is 1.67. The Morgan fingerprint density at radius 1 is 0.897 bits per heavy atom. The average Bonchev–Trinajstić information content (AvgIpc) is 3.70. The fraction of sp³-hybridized carbons (Fsp3) is 0.143. The predicted octanol–water partition coefficient (Wildman–Crippen LogP) is 5.21. The molecule has 1 fully saturated rings. The van der Waals surface area contributed by atoms with Crippen molar-refractivity contribution in [2.45, 2.75) is 19.8 Å². The number of anilines is 2. The zero-order valence-corrected chi connectivity index (χ0v) is 20.5. The molecule has 0 saturated heterocycles. The summed E-state index contributed by atoms with van der Waals surface area (Å²) in [6, 6.07) is 11.1. The van der Waals surface area contributed by atoms with Crippen LogP contribution >= 0.6 is 0 Å². The summed E-state index contributed by atoms with van der Waals surface area (Å²) in [7, 11) is 0. The number of nitrogens with two attached hydrogens (primary N) is 1. The molecule has 1 heterocycles. The molecular weight excluding hydrogens is 513 g/mol. The van der Waals surface area contributed by atoms with Crippen LogP contribution in [-0.2, 0) is 9.59 Å². The molecule has 3 aromatic carbocycles. The number of amides is 3. The van der Waals surface area contributed by atoms with Gasteiger partial charge < -0.3 is 21.1 Å². The molecule has 3 amide bonds. The van der Waals surface area contributed by atoms with Gasteiger partial charge in [-0.25, -0.2) is 13.2 Å². The van der Waals surface area contributed by atoms with Crippen LogP contribution < -0.4 is 21.1 Å². The summed E-state index contributed by atoms with van der Waals surface area (Å²) >= 11 is 0. The molecule has 0 atom stereocenters. The van der Waals surface area contributed by atoms with Crippen LogP contribution in [0.25, 0.3) is 10.9 Å². The number of hydrogen-bond donors (Lipinski definition) is 3. The van der Waals surface area contributed by atoms with E-state index in [-0.39, 0.29) is 24.2 Å². The highest BCUT2D eigenvalue weighted by molar-refractivity contribution is 6.17. The van der Waals surface area contributed by atoms with Crippen molar-refractivity contribution in [3.8, 4) is 11.5 Å². The second kappa shape index (κ2) is 9.75. The minimum atomic E-state index is -1.45. The molecule has 11 heteroatoms. The molecule has 1 aliphatic carbocycles. The van der Waals surface area contributed by atoms with E-state index in [2.05, 4.69) is 15.6 Å². The Balaban J connectivity index is 1.35. The lowest BCUT2D eigenvalue weighted by Gasteiger charge is -2.17. The maximum atomic E-state index is 15.0. The smallest absolute Gasteiger partial charge is 0.249 e. The van der Waals surface area contributed by atoms with Gasteiger partial charge in [0.1, 0.15) is 17.0 Å². The van der Waals surface area contributed by atoms with Crippen molar-refractivity contribution in [3.05, 3.63) is 89.4 Å². The van der Waals surface area contributed by atoms with Crippen LogP contribution in [0, 0.1) is 29.8 Å². The first-order chi connectivity index (χ1) is 18.6. The maximum absolute atomic E-state index is 15.0. The Hall–Kier alpha value is -4.93. The molecular formula is C28H21F3N4O4. The van der Waals surface area contributed by atoms with Crippen LogP contribution in [-0.4, -0.2) is 22.7 Å². The zero-order chi connectivity index (χ0) is 27.9. The summed E-state index contributed by atoms with van der Waals surface area (Å²) in [5, 5.41) is 5.28. The number of ether oxygens (including phenoxy) is 1. The van der Waals surface area contributed by atoms with Crippen molar-refractivity contribution >= 4 is 40.0 Å². The number of carbonyl (C=O) groups is 3. The molecule has 4 aromatic rings. The molecule has 0 radical (unpaired) electrons. The molecule has 0 unspecified atom stereocenters. The van der Waals surface area contributed by atoms with E-state index in [1.54, 1.807) is 13.0 Å². The molecule has 8 nitrogen and oxygen atoms in total. The van der Waals surface area contributed by atoms with Crippen molar-refractivity contribution in [1.82, 2.24) is 4.98 Å². The van der Waals surface area contributed by atoms with Crippen molar-refractivity contribution in [2.24, 2.45) is 11.1 Å². The number of carbonyl (C=O) groups excluding carboxylic acids is 3. The molecule has 39 heavy (non-hydrogen) atoms. The van der Waals surface area contributed by atoms with Gasteiger partial charge in [0.05, 0.1) is 11.2 Å². The van der Waals surface area contributed by atoms with Gasteiger partial charge >= 0.3 is 0 Å². The quantitative estimate of drug-likeness (QED) is 0.281. The lowest BCUT2D eigenvalue weighted by molar-refractivity contribution is -0.131. The largest absolute Gasteiger partial charge is 0.453 e. The van der Waals surface area contributed by atoms with Crippen LogP contribution in [0.3, 0.4) is 0 Å². The number of rotatable bonds is 7. The van der Waals surface area contributed by atoms with Crippen LogP contribution in [0.15, 0.2) is 60.8 Å². The van der Waals surface area contributed by atoms with E-state index in [1.807, 2.05) is 0 Å². The van der Waals surface area contributed by atoms with Crippen molar-refractivity contribution in [1.29, 1.82) is 0 Å². The first-order valence-electron chi connectivity index (χ1n) is 11.8. The van der Waals surface area contributed by atoms with Crippen LogP contribution in [0.5, 0.6) is 11.5 Å². The number of pyridine rings is 1. The van der Waals surface area contributed by atoms with E-state index in [4.69, 9.17) is 10.5 Å². The molecule has 1 saturated carbocycles. The number of benzene rings is 3. The average molecular weight is 534 g/mol. The van der Waals surface area contributed by atoms with Gasteiger partial charge in [0.25, 0.3) is 0 Å². The Morgan fingerprint density at radius 3 is 2.26 bits per heavy atom. The van der Waals surface area contributed by atoms with E-state index >= 15 is 0 Å². The van der Waals surface area contributed by atoms with Gasteiger partial charge in [-0.2, -0.15) is 0 Å². The minimum absolute atomic E-state index is 0.156. The Kier molecular flexibility index (Phi) is 6.43. The maximum Gasteiger partial charge on any atom is 0.249 e.